The van der Waals surface area contributed by atoms with Crippen LogP contribution in [0.15, 0.2) is 36.4 Å². The van der Waals surface area contributed by atoms with Crippen LogP contribution in [-0.4, -0.2) is 5.78 Å². The quantitative estimate of drug-likeness (QED) is 0.807. The molecule has 1 unspecified atom stereocenters. The van der Waals surface area contributed by atoms with Gasteiger partial charge in [-0.25, -0.2) is 0 Å². The number of hydrogen-bond acceptors (Lipinski definition) is 2. The lowest BCUT2D eigenvalue weighted by Gasteiger charge is -2.07. The first-order valence-electron chi connectivity index (χ1n) is 7.62. The summed E-state index contributed by atoms with van der Waals surface area (Å²) in [6, 6.07) is 12.5. The molecule has 2 aromatic carbocycles. The Kier molecular flexibility index (Phi) is 6.51. The molecule has 0 radical (unpaired) electrons. The molecule has 0 spiro atoms. The number of benzene rings is 2. The van der Waals surface area contributed by atoms with Gasteiger partial charge in [0.2, 0.25) is 0 Å². The highest BCUT2D eigenvalue weighted by Gasteiger charge is 2.00. The second-order valence-electron chi connectivity index (χ2n) is 6.14. The van der Waals surface area contributed by atoms with E-state index in [9.17, 15) is 4.79 Å². The normalized spacial score (nSPS) is 11.4. The van der Waals surface area contributed by atoms with Crippen LogP contribution in [0.1, 0.15) is 58.1 Å². The molecule has 0 aliphatic carbocycles. The topological polar surface area (TPSA) is 43.1 Å². The van der Waals surface area contributed by atoms with Crippen LogP contribution in [0.3, 0.4) is 0 Å². The largest absolute Gasteiger partial charge is 0.324 e. The lowest BCUT2D eigenvalue weighted by atomic mass is 10.0. The van der Waals surface area contributed by atoms with Crippen LogP contribution in [0.25, 0.3) is 0 Å². The molecule has 2 rings (SSSR count). The molecule has 0 aliphatic rings. The minimum Gasteiger partial charge on any atom is -0.324 e. The molecule has 2 heteroatoms. The van der Waals surface area contributed by atoms with E-state index in [1.807, 2.05) is 32.9 Å². The van der Waals surface area contributed by atoms with Gasteiger partial charge in [0.1, 0.15) is 0 Å². The van der Waals surface area contributed by atoms with Gasteiger partial charge >= 0.3 is 0 Å². The minimum absolute atomic E-state index is 0.136. The summed E-state index contributed by atoms with van der Waals surface area (Å²) in [5.74, 6) is 0.136. The molecule has 0 saturated heterocycles. The molecule has 0 aliphatic heterocycles. The maximum absolute atomic E-state index is 10.9. The van der Waals surface area contributed by atoms with Crippen LogP contribution in [0, 0.1) is 27.7 Å². The molecule has 22 heavy (non-hydrogen) atoms. The summed E-state index contributed by atoms with van der Waals surface area (Å²) in [5.41, 5.74) is 12.7. The van der Waals surface area contributed by atoms with E-state index in [1.54, 1.807) is 6.92 Å². The van der Waals surface area contributed by atoms with Gasteiger partial charge in [0, 0.05) is 11.6 Å². The van der Waals surface area contributed by atoms with Crippen molar-refractivity contribution >= 4 is 5.78 Å². The van der Waals surface area contributed by atoms with E-state index < -0.39 is 0 Å². The zero-order chi connectivity index (χ0) is 16.9. The summed E-state index contributed by atoms with van der Waals surface area (Å²) in [4.78, 5) is 10.9. The molecule has 118 valence electrons. The number of carbonyl (C=O) groups is 1. The van der Waals surface area contributed by atoms with Crippen molar-refractivity contribution in [3.8, 4) is 0 Å². The van der Waals surface area contributed by atoms with Crippen LogP contribution in [0.4, 0.5) is 0 Å². The smallest absolute Gasteiger partial charge is 0.159 e. The fourth-order valence-corrected chi connectivity index (χ4v) is 2.45. The number of aryl methyl sites for hydroxylation is 4. The summed E-state index contributed by atoms with van der Waals surface area (Å²) < 4.78 is 0. The summed E-state index contributed by atoms with van der Waals surface area (Å²) in [7, 11) is 0. The zero-order valence-electron chi connectivity index (χ0n) is 14.5. The van der Waals surface area contributed by atoms with Crippen molar-refractivity contribution in [1.29, 1.82) is 0 Å². The van der Waals surface area contributed by atoms with Crippen molar-refractivity contribution < 1.29 is 4.79 Å². The fourth-order valence-electron chi connectivity index (χ4n) is 2.45. The van der Waals surface area contributed by atoms with E-state index in [0.29, 0.717) is 0 Å². The number of nitrogens with two attached hydrogens (primary N) is 1. The molecule has 1 atom stereocenters. The van der Waals surface area contributed by atoms with Crippen LogP contribution in [0.5, 0.6) is 0 Å². The molecule has 0 fully saturated rings. The third-order valence-electron chi connectivity index (χ3n) is 3.40. The van der Waals surface area contributed by atoms with Crippen molar-refractivity contribution in [3.63, 3.8) is 0 Å². The second kappa shape index (κ2) is 7.90. The first kappa shape index (κ1) is 18.1. The van der Waals surface area contributed by atoms with E-state index in [-0.39, 0.29) is 11.8 Å². The van der Waals surface area contributed by atoms with Crippen molar-refractivity contribution in [3.05, 3.63) is 69.8 Å². The summed E-state index contributed by atoms with van der Waals surface area (Å²) in [6.45, 7) is 11.8. The predicted molar refractivity (Wildman–Crippen MR) is 94.4 cm³/mol. The Morgan fingerprint density at radius 1 is 0.818 bits per heavy atom. The highest BCUT2D eigenvalue weighted by Crippen LogP contribution is 2.14. The van der Waals surface area contributed by atoms with Gasteiger partial charge in [-0.2, -0.15) is 0 Å². The summed E-state index contributed by atoms with van der Waals surface area (Å²) in [5, 5.41) is 0. The predicted octanol–water partition coefficient (Wildman–Crippen LogP) is 4.83. The lowest BCUT2D eigenvalue weighted by molar-refractivity contribution is 0.101. The number of hydrogen-bond donors (Lipinski definition) is 1. The van der Waals surface area contributed by atoms with Crippen molar-refractivity contribution in [2.75, 3.05) is 0 Å². The maximum atomic E-state index is 10.9. The van der Waals surface area contributed by atoms with E-state index in [2.05, 4.69) is 38.1 Å². The average Bonchev–Trinajstić information content (AvgIpc) is 2.37. The molecule has 0 saturated carbocycles. The Bertz CT molecular complexity index is 616. The fraction of sp³-hybridized carbons (Fsp3) is 0.350. The van der Waals surface area contributed by atoms with Gasteiger partial charge in [-0.3, -0.25) is 4.79 Å². The summed E-state index contributed by atoms with van der Waals surface area (Å²) in [6.07, 6.45) is 0. The molecule has 0 amide bonds. The van der Waals surface area contributed by atoms with Crippen molar-refractivity contribution in [2.24, 2.45) is 5.73 Å². The van der Waals surface area contributed by atoms with Gasteiger partial charge in [-0.1, -0.05) is 46.5 Å². The van der Waals surface area contributed by atoms with E-state index in [1.165, 1.54) is 16.7 Å². The first-order valence-corrected chi connectivity index (χ1v) is 7.62. The lowest BCUT2D eigenvalue weighted by Crippen LogP contribution is -2.05. The van der Waals surface area contributed by atoms with E-state index >= 15 is 0 Å². The minimum atomic E-state index is 0.136. The molecule has 2 N–H and O–H groups in total. The number of Topliss-reactive ketones (excluding diaryl/α,β-unsaturated/α-hetero) is 1. The highest BCUT2D eigenvalue weighted by atomic mass is 16.1. The Balaban J connectivity index is 0.000000220. The van der Waals surface area contributed by atoms with Gasteiger partial charge in [0.05, 0.1) is 0 Å². The third-order valence-corrected chi connectivity index (χ3v) is 3.40. The molecule has 0 bridgehead atoms. The molecular formula is C20H27NO. The van der Waals surface area contributed by atoms with Gasteiger partial charge in [-0.15, -0.1) is 0 Å². The SMILES string of the molecule is CC(=O)c1cc(C)cc(C)c1.Cc1cc(C)cc(C(C)N)c1. The molecular weight excluding hydrogens is 270 g/mol. The molecule has 0 aromatic heterocycles. The number of ketones is 1. The Hall–Kier alpha value is -1.93. The standard InChI is InChI=1S/C10H15N.C10H12O/c2*1-7-4-8(2)6-10(5-7)9(3)11/h4-6,9H,11H2,1-3H3;4-6H,1-3H3. The van der Waals surface area contributed by atoms with Gasteiger partial charge in [0.25, 0.3) is 0 Å². The van der Waals surface area contributed by atoms with Crippen LogP contribution >= 0.6 is 0 Å². The number of carbonyl (C=O) groups excluding carboxylic acids is 1. The van der Waals surface area contributed by atoms with E-state index in [0.717, 1.165) is 16.7 Å². The van der Waals surface area contributed by atoms with Crippen molar-refractivity contribution in [1.82, 2.24) is 0 Å². The zero-order valence-corrected chi connectivity index (χ0v) is 14.5. The van der Waals surface area contributed by atoms with E-state index in [4.69, 9.17) is 5.73 Å². The van der Waals surface area contributed by atoms with Gasteiger partial charge in [0.15, 0.2) is 5.78 Å². The van der Waals surface area contributed by atoms with Crippen LogP contribution < -0.4 is 5.73 Å². The van der Waals surface area contributed by atoms with Gasteiger partial charge < -0.3 is 5.73 Å². The Morgan fingerprint density at radius 3 is 1.50 bits per heavy atom. The summed E-state index contributed by atoms with van der Waals surface area (Å²) >= 11 is 0. The molecule has 0 heterocycles. The van der Waals surface area contributed by atoms with Crippen LogP contribution in [0.2, 0.25) is 0 Å². The Morgan fingerprint density at radius 2 is 1.18 bits per heavy atom. The van der Waals surface area contributed by atoms with Gasteiger partial charge in [-0.05, 0) is 59.2 Å². The molecule has 2 aromatic rings. The second-order valence-corrected chi connectivity index (χ2v) is 6.14. The average molecular weight is 297 g/mol. The monoisotopic (exact) mass is 297 g/mol. The highest BCUT2D eigenvalue weighted by molar-refractivity contribution is 5.94. The van der Waals surface area contributed by atoms with Crippen molar-refractivity contribution in [2.45, 2.75) is 47.6 Å². The first-order chi connectivity index (χ1) is 10.2. The number of rotatable bonds is 2. The molecule has 2 nitrogen and oxygen atoms in total. The Labute approximate surface area is 134 Å². The third kappa shape index (κ3) is 5.82. The maximum Gasteiger partial charge on any atom is 0.159 e. The van der Waals surface area contributed by atoms with Crippen LogP contribution in [-0.2, 0) is 0 Å².